The fraction of sp³-hybridized carbons (Fsp3) is 0.318. The van der Waals surface area contributed by atoms with Crippen molar-refractivity contribution in [1.82, 2.24) is 10.2 Å². The maximum Gasteiger partial charge on any atom is 0.251 e. The van der Waals surface area contributed by atoms with Crippen molar-refractivity contribution in [3.8, 4) is 0 Å². The number of Topliss-reactive ketones (excluding diaryl/α,β-unsaturated/α-hetero) is 1. The predicted octanol–water partition coefficient (Wildman–Crippen LogP) is 3.96. The molecule has 0 bridgehead atoms. The Hall–Kier alpha value is -2.47. The van der Waals surface area contributed by atoms with Crippen LogP contribution in [0.5, 0.6) is 0 Å². The summed E-state index contributed by atoms with van der Waals surface area (Å²) in [5, 5.41) is 2.59. The predicted molar refractivity (Wildman–Crippen MR) is 111 cm³/mol. The molecule has 0 saturated heterocycles. The summed E-state index contributed by atoms with van der Waals surface area (Å²) in [6.07, 6.45) is 2.42. The Labute approximate surface area is 173 Å². The molecule has 1 saturated carbocycles. The van der Waals surface area contributed by atoms with Gasteiger partial charge in [-0.25, -0.2) is 0 Å². The Balaban J connectivity index is 1.59. The van der Waals surface area contributed by atoms with Crippen molar-refractivity contribution < 1.29 is 14.4 Å². The van der Waals surface area contributed by atoms with E-state index in [1.165, 1.54) is 0 Å². The number of hydrogen-bond acceptors (Lipinski definition) is 3. The molecule has 2 amide bonds. The second-order valence-electron chi connectivity index (χ2n) is 6.96. The van der Waals surface area contributed by atoms with E-state index in [0.29, 0.717) is 17.7 Å². The number of rotatable bonds is 8. The van der Waals surface area contributed by atoms with Gasteiger partial charge in [-0.1, -0.05) is 40.2 Å². The lowest BCUT2D eigenvalue weighted by atomic mass is 10.1. The molecule has 1 N–H and O–H groups in total. The van der Waals surface area contributed by atoms with Gasteiger partial charge in [0.25, 0.3) is 5.91 Å². The van der Waals surface area contributed by atoms with Crippen LogP contribution in [0.15, 0.2) is 53.0 Å². The van der Waals surface area contributed by atoms with Crippen LogP contribution in [-0.4, -0.2) is 35.6 Å². The minimum Gasteiger partial charge on any atom is -0.355 e. The Morgan fingerprint density at radius 3 is 2.14 bits per heavy atom. The van der Waals surface area contributed by atoms with Gasteiger partial charge in [0.15, 0.2) is 5.78 Å². The summed E-state index contributed by atoms with van der Waals surface area (Å²) in [4.78, 5) is 38.6. The summed E-state index contributed by atoms with van der Waals surface area (Å²) < 4.78 is 0.919. The third kappa shape index (κ3) is 5.29. The summed E-state index contributed by atoms with van der Waals surface area (Å²) in [6.45, 7) is 0.504. The summed E-state index contributed by atoms with van der Waals surface area (Å²) >= 11 is 3.35. The number of carbonyl (C=O) groups is 3. The molecule has 6 heteroatoms. The van der Waals surface area contributed by atoms with E-state index in [2.05, 4.69) is 21.2 Å². The molecule has 1 fully saturated rings. The van der Waals surface area contributed by atoms with Crippen molar-refractivity contribution in [3.63, 3.8) is 0 Å². The first-order chi connectivity index (χ1) is 13.5. The van der Waals surface area contributed by atoms with E-state index >= 15 is 0 Å². The van der Waals surface area contributed by atoms with Crippen LogP contribution >= 0.6 is 15.9 Å². The average Bonchev–Trinajstić information content (AvgIpc) is 3.55. The molecule has 146 valence electrons. The maximum atomic E-state index is 12.7. The van der Waals surface area contributed by atoms with Crippen molar-refractivity contribution in [2.75, 3.05) is 7.05 Å². The second kappa shape index (κ2) is 9.15. The van der Waals surface area contributed by atoms with Crippen molar-refractivity contribution in [3.05, 3.63) is 69.7 Å². The van der Waals surface area contributed by atoms with Gasteiger partial charge in [-0.3, -0.25) is 14.4 Å². The minimum absolute atomic E-state index is 0.00309. The summed E-state index contributed by atoms with van der Waals surface area (Å²) in [7, 11) is 1.60. The third-order valence-electron chi connectivity index (χ3n) is 4.84. The number of halogens is 1. The smallest absolute Gasteiger partial charge is 0.251 e. The lowest BCUT2D eigenvalue weighted by Gasteiger charge is -2.22. The molecule has 0 atom stereocenters. The molecule has 5 nitrogen and oxygen atoms in total. The first kappa shape index (κ1) is 20.3. The normalized spacial score (nSPS) is 13.1. The highest BCUT2D eigenvalue weighted by molar-refractivity contribution is 9.10. The van der Waals surface area contributed by atoms with E-state index < -0.39 is 0 Å². The first-order valence-electron chi connectivity index (χ1n) is 9.37. The quantitative estimate of drug-likeness (QED) is 0.629. The summed E-state index contributed by atoms with van der Waals surface area (Å²) in [5.74, 6) is -0.150. The molecule has 28 heavy (non-hydrogen) atoms. The van der Waals surface area contributed by atoms with E-state index in [-0.39, 0.29) is 36.5 Å². The van der Waals surface area contributed by atoms with Crippen molar-refractivity contribution in [1.29, 1.82) is 0 Å². The standard InChI is InChI=1S/C22H23BrN2O3/c1-24-22(28)17-4-2-15(3-5-17)14-25(19-10-11-19)21(27)13-12-20(26)16-6-8-18(23)9-7-16/h2-9,19H,10-14H2,1H3,(H,24,28). The van der Waals surface area contributed by atoms with E-state index in [0.717, 1.165) is 22.9 Å². The lowest BCUT2D eigenvalue weighted by Crippen LogP contribution is -2.32. The molecule has 0 aliphatic heterocycles. The number of amides is 2. The topological polar surface area (TPSA) is 66.5 Å². The molecule has 1 aliphatic rings. The summed E-state index contributed by atoms with van der Waals surface area (Å²) in [5.41, 5.74) is 2.20. The van der Waals surface area contributed by atoms with Gasteiger partial charge in [0.1, 0.15) is 0 Å². The molecule has 3 rings (SSSR count). The van der Waals surface area contributed by atoms with Gasteiger partial charge in [-0.05, 0) is 42.7 Å². The number of carbonyl (C=O) groups excluding carboxylic acids is 3. The van der Waals surface area contributed by atoms with Crippen LogP contribution < -0.4 is 5.32 Å². The highest BCUT2D eigenvalue weighted by Gasteiger charge is 2.32. The van der Waals surface area contributed by atoms with Crippen LogP contribution in [0.1, 0.15) is 52.0 Å². The van der Waals surface area contributed by atoms with Crippen molar-refractivity contribution in [2.24, 2.45) is 0 Å². The Morgan fingerprint density at radius 1 is 0.964 bits per heavy atom. The lowest BCUT2D eigenvalue weighted by molar-refractivity contribution is -0.132. The highest BCUT2D eigenvalue weighted by Crippen LogP contribution is 2.29. The highest BCUT2D eigenvalue weighted by atomic mass is 79.9. The minimum atomic E-state index is -0.131. The number of nitrogens with one attached hydrogen (secondary N) is 1. The molecule has 0 heterocycles. The molecule has 1 aliphatic carbocycles. The number of ketones is 1. The van der Waals surface area contributed by atoms with Crippen LogP contribution in [0.4, 0.5) is 0 Å². The van der Waals surface area contributed by atoms with Crippen molar-refractivity contribution >= 4 is 33.5 Å². The molecular formula is C22H23BrN2O3. The van der Waals surface area contributed by atoms with Gasteiger partial charge >= 0.3 is 0 Å². The second-order valence-corrected chi connectivity index (χ2v) is 7.87. The number of hydrogen-bond donors (Lipinski definition) is 1. The summed E-state index contributed by atoms with van der Waals surface area (Å²) in [6, 6.07) is 14.7. The molecule has 0 aromatic heterocycles. The van der Waals surface area contributed by atoms with Gasteiger partial charge in [0, 0.05) is 48.1 Å². The zero-order valence-corrected chi connectivity index (χ0v) is 17.4. The molecule has 0 spiro atoms. The van der Waals surface area contributed by atoms with E-state index in [1.807, 2.05) is 29.2 Å². The third-order valence-corrected chi connectivity index (χ3v) is 5.36. The SMILES string of the molecule is CNC(=O)c1ccc(CN(C(=O)CCC(=O)c2ccc(Br)cc2)C2CC2)cc1. The van der Waals surface area contributed by atoms with Gasteiger partial charge in [-0.15, -0.1) is 0 Å². The van der Waals surface area contributed by atoms with Crippen LogP contribution in [0.25, 0.3) is 0 Å². The Bertz CT molecular complexity index is 858. The van der Waals surface area contributed by atoms with Crippen LogP contribution in [0, 0.1) is 0 Å². The van der Waals surface area contributed by atoms with E-state index in [9.17, 15) is 14.4 Å². The van der Waals surface area contributed by atoms with Gasteiger partial charge in [0.05, 0.1) is 0 Å². The van der Waals surface area contributed by atoms with Gasteiger partial charge < -0.3 is 10.2 Å². The Morgan fingerprint density at radius 2 is 1.57 bits per heavy atom. The van der Waals surface area contributed by atoms with Crippen LogP contribution in [-0.2, 0) is 11.3 Å². The fourth-order valence-electron chi connectivity index (χ4n) is 3.05. The number of benzene rings is 2. The van der Waals surface area contributed by atoms with E-state index in [4.69, 9.17) is 0 Å². The van der Waals surface area contributed by atoms with Crippen molar-refractivity contribution in [2.45, 2.75) is 38.3 Å². The monoisotopic (exact) mass is 442 g/mol. The molecule has 2 aromatic rings. The largest absolute Gasteiger partial charge is 0.355 e. The number of nitrogens with zero attached hydrogens (tertiary/aromatic N) is 1. The zero-order valence-electron chi connectivity index (χ0n) is 15.8. The van der Waals surface area contributed by atoms with Gasteiger partial charge in [-0.2, -0.15) is 0 Å². The van der Waals surface area contributed by atoms with Crippen LogP contribution in [0.2, 0.25) is 0 Å². The Kier molecular flexibility index (Phi) is 6.62. The molecule has 0 unspecified atom stereocenters. The molecular weight excluding hydrogens is 420 g/mol. The first-order valence-corrected chi connectivity index (χ1v) is 10.2. The van der Waals surface area contributed by atoms with Crippen LogP contribution in [0.3, 0.4) is 0 Å². The average molecular weight is 443 g/mol. The zero-order chi connectivity index (χ0) is 20.1. The van der Waals surface area contributed by atoms with Gasteiger partial charge in [0.2, 0.25) is 5.91 Å². The maximum absolute atomic E-state index is 12.7. The fourth-order valence-corrected chi connectivity index (χ4v) is 3.32. The molecule has 2 aromatic carbocycles. The van der Waals surface area contributed by atoms with E-state index in [1.54, 1.807) is 31.3 Å². The molecule has 0 radical (unpaired) electrons.